The Balaban J connectivity index is -0.000000614. The molecule has 0 aliphatic heterocycles. The van der Waals surface area contributed by atoms with Gasteiger partial charge in [0.1, 0.15) is 0 Å². The summed E-state index contributed by atoms with van der Waals surface area (Å²) in [6.45, 7) is 12.6. The van der Waals surface area contributed by atoms with E-state index in [-0.39, 0.29) is 35.2 Å². The molecule has 0 aromatic rings. The molecule has 244 valence electrons. The molecule has 0 rings (SSSR count). The zero-order valence-electron chi connectivity index (χ0n) is 25.2. The van der Waals surface area contributed by atoms with Crippen LogP contribution < -0.4 is 0 Å². The van der Waals surface area contributed by atoms with E-state index in [1.807, 2.05) is 13.8 Å². The van der Waals surface area contributed by atoms with Crippen LogP contribution in [0, 0.1) is 0 Å². The summed E-state index contributed by atoms with van der Waals surface area (Å²) in [6.07, 6.45) is 14.6. The van der Waals surface area contributed by atoms with Crippen molar-refractivity contribution in [2.75, 3.05) is 70.0 Å². The largest absolute Gasteiger partial charge is 0.425 e. The smallest absolute Gasteiger partial charge is 0.396 e. The molecule has 0 aromatic carbocycles. The molecule has 0 radical (unpaired) electrons. The van der Waals surface area contributed by atoms with Gasteiger partial charge in [-0.1, -0.05) is 13.3 Å². The van der Waals surface area contributed by atoms with Crippen LogP contribution in [0.25, 0.3) is 0 Å². The fourth-order valence-electron chi connectivity index (χ4n) is 3.31. The maximum absolute atomic E-state index is 10.4. The second kappa shape index (κ2) is 32.1. The minimum Gasteiger partial charge on any atom is -0.396 e. The SMILES string of the molecule is CC(C)OCCCP(CCCO)CCCOS(=O)(=O)O.CCCCP(CCCO)CCCOC(C)C.O=S(=O)=O. The van der Waals surface area contributed by atoms with Crippen molar-refractivity contribution < 1.29 is 49.5 Å². The Morgan fingerprint density at radius 1 is 0.650 bits per heavy atom. The van der Waals surface area contributed by atoms with Gasteiger partial charge < -0.3 is 19.7 Å². The number of aliphatic hydroxyl groups excluding tert-OH is 2. The molecule has 3 N–H and O–H groups in total. The zero-order chi connectivity index (χ0) is 31.2. The number of unbranched alkanes of at least 4 members (excludes halogenated alkanes) is 1. The van der Waals surface area contributed by atoms with Gasteiger partial charge in [0.15, 0.2) is 0 Å². The van der Waals surface area contributed by atoms with E-state index in [4.69, 9.17) is 36.9 Å². The highest BCUT2D eigenvalue weighted by Crippen LogP contribution is 2.38. The molecular weight excluding hydrogens is 602 g/mol. The topological polar surface area (TPSA) is 174 Å². The second-order valence-corrected chi connectivity index (χ2v) is 16.4. The average molecular weight is 659 g/mol. The van der Waals surface area contributed by atoms with Crippen molar-refractivity contribution in [2.24, 2.45) is 0 Å². The van der Waals surface area contributed by atoms with E-state index in [0.717, 1.165) is 51.0 Å². The van der Waals surface area contributed by atoms with Crippen LogP contribution in [0.3, 0.4) is 0 Å². The molecular formula is C25H56O11P2S2. The van der Waals surface area contributed by atoms with Crippen LogP contribution in [0.15, 0.2) is 0 Å². The Kier molecular flexibility index (Phi) is 35.8. The first-order valence-corrected chi connectivity index (χ1v) is 20.2. The standard InChI is InChI=1S/C13H29O2P.C12H27O6PS.O3S/c1-4-5-10-16(11-6-8-14)12-7-9-15-13(2)3;1-12(2)17-7-4-10-19(9-3-6-13)11-5-8-18-20(14,15)16;1-4(2)3/h13-14H,4-12H2,1-3H3;12-13H,3-11H2,1-2H3,(H,14,15,16);. The maximum atomic E-state index is 10.4. The van der Waals surface area contributed by atoms with E-state index >= 15 is 0 Å². The second-order valence-electron chi connectivity index (χ2n) is 9.54. The first-order chi connectivity index (χ1) is 18.8. The third kappa shape index (κ3) is 45.2. The first kappa shape index (κ1) is 44.6. The van der Waals surface area contributed by atoms with Crippen LogP contribution in [0.1, 0.15) is 79.6 Å². The minimum absolute atomic E-state index is 0.0132. The van der Waals surface area contributed by atoms with Gasteiger partial charge in [-0.05, 0) is 103 Å². The number of rotatable bonds is 24. The Hall–Kier alpha value is 0.190. The van der Waals surface area contributed by atoms with Crippen molar-refractivity contribution >= 4 is 36.9 Å². The summed E-state index contributed by atoms with van der Waals surface area (Å²) in [5.74, 6) is 0. The Bertz CT molecular complexity index is 722. The van der Waals surface area contributed by atoms with Crippen molar-refractivity contribution in [3.05, 3.63) is 0 Å². The lowest BCUT2D eigenvalue weighted by atomic mass is 10.4. The molecule has 0 saturated heterocycles. The Labute approximate surface area is 247 Å². The highest BCUT2D eigenvalue weighted by atomic mass is 32.3. The number of aliphatic hydroxyl groups is 2. The fourth-order valence-corrected chi connectivity index (χ4v) is 8.65. The van der Waals surface area contributed by atoms with Crippen LogP contribution >= 0.6 is 15.8 Å². The lowest BCUT2D eigenvalue weighted by Crippen LogP contribution is -2.08. The van der Waals surface area contributed by atoms with E-state index in [1.165, 1.54) is 37.7 Å². The van der Waals surface area contributed by atoms with Crippen LogP contribution in [0.2, 0.25) is 0 Å². The van der Waals surface area contributed by atoms with Crippen molar-refractivity contribution in [1.29, 1.82) is 0 Å². The van der Waals surface area contributed by atoms with Gasteiger partial charge in [-0.2, -0.15) is 8.42 Å². The van der Waals surface area contributed by atoms with Gasteiger partial charge >= 0.3 is 21.0 Å². The summed E-state index contributed by atoms with van der Waals surface area (Å²) in [5.41, 5.74) is 0. The van der Waals surface area contributed by atoms with E-state index < -0.39 is 21.0 Å². The third-order valence-electron chi connectivity index (χ3n) is 5.08. The highest BCUT2D eigenvalue weighted by Gasteiger charge is 2.10. The normalized spacial score (nSPS) is 12.8. The van der Waals surface area contributed by atoms with Crippen molar-refractivity contribution in [3.63, 3.8) is 0 Å². The quantitative estimate of drug-likeness (QED) is 0.0765. The van der Waals surface area contributed by atoms with Crippen LogP contribution in [-0.4, -0.2) is 118 Å². The molecule has 40 heavy (non-hydrogen) atoms. The van der Waals surface area contributed by atoms with Crippen LogP contribution in [-0.2, 0) is 34.7 Å². The molecule has 0 fully saturated rings. The van der Waals surface area contributed by atoms with Gasteiger partial charge in [-0.25, -0.2) is 4.18 Å². The van der Waals surface area contributed by atoms with Crippen molar-refractivity contribution in [1.82, 2.24) is 0 Å². The summed E-state index contributed by atoms with van der Waals surface area (Å²) < 4.78 is 70.0. The molecule has 0 spiro atoms. The van der Waals surface area contributed by atoms with Crippen molar-refractivity contribution in [3.8, 4) is 0 Å². The van der Waals surface area contributed by atoms with Gasteiger partial charge in [0.2, 0.25) is 0 Å². The fraction of sp³-hybridized carbons (Fsp3) is 1.00. The predicted octanol–water partition coefficient (Wildman–Crippen LogP) is 4.34. The van der Waals surface area contributed by atoms with Gasteiger partial charge in [-0.15, -0.1) is 28.5 Å². The lowest BCUT2D eigenvalue weighted by Gasteiger charge is -2.17. The lowest BCUT2D eigenvalue weighted by molar-refractivity contribution is 0.0796. The van der Waals surface area contributed by atoms with Crippen LogP contribution in [0.5, 0.6) is 0 Å². The van der Waals surface area contributed by atoms with E-state index in [2.05, 4.69) is 25.0 Å². The zero-order valence-corrected chi connectivity index (χ0v) is 28.6. The highest BCUT2D eigenvalue weighted by molar-refractivity contribution is 7.80. The van der Waals surface area contributed by atoms with Crippen LogP contribution in [0.4, 0.5) is 0 Å². The van der Waals surface area contributed by atoms with E-state index in [9.17, 15) is 8.42 Å². The minimum atomic E-state index is -4.32. The summed E-state index contributed by atoms with van der Waals surface area (Å²) in [5, 5.41) is 17.8. The molecule has 15 heteroatoms. The molecule has 2 atom stereocenters. The van der Waals surface area contributed by atoms with Gasteiger partial charge in [-0.3, -0.25) is 4.55 Å². The van der Waals surface area contributed by atoms with E-state index in [1.54, 1.807) is 0 Å². The summed E-state index contributed by atoms with van der Waals surface area (Å²) in [6, 6.07) is 0. The molecule has 0 aromatic heterocycles. The Morgan fingerprint density at radius 3 is 1.27 bits per heavy atom. The summed E-state index contributed by atoms with van der Waals surface area (Å²) >= 11 is 0. The number of ether oxygens (including phenoxy) is 2. The predicted molar refractivity (Wildman–Crippen MR) is 165 cm³/mol. The number of hydrogen-bond acceptors (Lipinski definition) is 10. The molecule has 0 bridgehead atoms. The summed E-state index contributed by atoms with van der Waals surface area (Å²) in [7, 11) is -7.52. The van der Waals surface area contributed by atoms with Crippen molar-refractivity contribution in [2.45, 2.75) is 91.8 Å². The number of hydrogen-bond donors (Lipinski definition) is 3. The maximum Gasteiger partial charge on any atom is 0.425 e. The van der Waals surface area contributed by atoms with E-state index in [0.29, 0.717) is 19.1 Å². The Morgan fingerprint density at radius 2 is 0.975 bits per heavy atom. The monoisotopic (exact) mass is 658 g/mol. The molecule has 0 aliphatic rings. The molecule has 2 unspecified atom stereocenters. The average Bonchev–Trinajstić information content (AvgIpc) is 2.85. The summed E-state index contributed by atoms with van der Waals surface area (Å²) in [4.78, 5) is 0. The van der Waals surface area contributed by atoms with Gasteiger partial charge in [0.25, 0.3) is 0 Å². The van der Waals surface area contributed by atoms with Gasteiger partial charge in [0.05, 0.1) is 18.8 Å². The molecule has 0 saturated carbocycles. The first-order valence-electron chi connectivity index (χ1n) is 14.1. The molecule has 0 aliphatic carbocycles. The molecule has 0 amide bonds. The molecule has 0 heterocycles. The van der Waals surface area contributed by atoms with Gasteiger partial charge in [0, 0.05) is 26.4 Å². The molecule has 11 nitrogen and oxygen atoms in total. The third-order valence-corrected chi connectivity index (χ3v) is 11.2.